The van der Waals surface area contributed by atoms with E-state index in [0.717, 1.165) is 18.8 Å². The van der Waals surface area contributed by atoms with E-state index in [2.05, 4.69) is 6.92 Å². The highest BCUT2D eigenvalue weighted by molar-refractivity contribution is 5.07. The molecule has 0 spiro atoms. The number of ether oxygens (including phenoxy) is 1. The van der Waals surface area contributed by atoms with Gasteiger partial charge in [0.15, 0.2) is 0 Å². The van der Waals surface area contributed by atoms with E-state index in [-0.39, 0.29) is 12.2 Å². The third-order valence-corrected chi connectivity index (χ3v) is 4.08. The number of hydrogen-bond acceptors (Lipinski definition) is 2. The highest BCUT2D eigenvalue weighted by Gasteiger charge is 2.58. The van der Waals surface area contributed by atoms with E-state index in [9.17, 15) is 5.11 Å². The molecule has 3 fully saturated rings. The molecule has 5 unspecified atom stereocenters. The van der Waals surface area contributed by atoms with E-state index in [1.807, 2.05) is 0 Å². The summed E-state index contributed by atoms with van der Waals surface area (Å²) in [4.78, 5) is 0. The van der Waals surface area contributed by atoms with Crippen LogP contribution in [0.4, 0.5) is 0 Å². The molecule has 0 radical (unpaired) electrons. The van der Waals surface area contributed by atoms with Crippen LogP contribution >= 0.6 is 0 Å². The number of aliphatic hydroxyl groups is 1. The molecule has 2 bridgehead atoms. The molecule has 2 aliphatic carbocycles. The zero-order chi connectivity index (χ0) is 8.34. The standard InChI is InChI=1S/C10H16O2/c1-10-3-2-7(11)9(5-10)12-8-4-6(8)10/h6-9,11H,2-5H2,1H3. The second-order valence-electron chi connectivity index (χ2n) is 5.02. The van der Waals surface area contributed by atoms with Crippen LogP contribution in [0.2, 0.25) is 0 Å². The van der Waals surface area contributed by atoms with Crippen LogP contribution < -0.4 is 0 Å². The van der Waals surface area contributed by atoms with E-state index in [1.165, 1.54) is 12.8 Å². The first-order valence-corrected chi connectivity index (χ1v) is 5.03. The minimum atomic E-state index is -0.181. The Morgan fingerprint density at radius 1 is 1.42 bits per heavy atom. The van der Waals surface area contributed by atoms with Crippen molar-refractivity contribution in [1.29, 1.82) is 0 Å². The Kier molecular flexibility index (Phi) is 1.25. The highest BCUT2D eigenvalue weighted by atomic mass is 16.5. The molecule has 5 atom stereocenters. The summed E-state index contributed by atoms with van der Waals surface area (Å²) < 4.78 is 5.76. The average Bonchev–Trinajstić information content (AvgIpc) is 2.78. The first-order chi connectivity index (χ1) is 5.69. The van der Waals surface area contributed by atoms with Gasteiger partial charge in [-0.25, -0.2) is 0 Å². The lowest BCUT2D eigenvalue weighted by Crippen LogP contribution is -2.46. The quantitative estimate of drug-likeness (QED) is 0.591. The fourth-order valence-corrected chi connectivity index (χ4v) is 3.12. The molecule has 1 heterocycles. The minimum Gasteiger partial charge on any atom is -0.390 e. The van der Waals surface area contributed by atoms with Gasteiger partial charge in [-0.3, -0.25) is 0 Å². The summed E-state index contributed by atoms with van der Waals surface area (Å²) in [5.41, 5.74) is 0.507. The lowest BCUT2D eigenvalue weighted by Gasteiger charge is -2.44. The summed E-state index contributed by atoms with van der Waals surface area (Å²) >= 11 is 0. The van der Waals surface area contributed by atoms with E-state index >= 15 is 0 Å². The summed E-state index contributed by atoms with van der Waals surface area (Å²) in [6, 6.07) is 0. The van der Waals surface area contributed by atoms with E-state index in [1.54, 1.807) is 0 Å². The molecule has 1 aliphatic heterocycles. The van der Waals surface area contributed by atoms with E-state index < -0.39 is 0 Å². The molecule has 0 amide bonds. The molecule has 3 rings (SSSR count). The molecular weight excluding hydrogens is 152 g/mol. The fourth-order valence-electron chi connectivity index (χ4n) is 3.12. The zero-order valence-electron chi connectivity index (χ0n) is 7.49. The van der Waals surface area contributed by atoms with E-state index in [4.69, 9.17) is 4.74 Å². The number of aliphatic hydroxyl groups excluding tert-OH is 1. The zero-order valence-corrected chi connectivity index (χ0v) is 7.49. The molecule has 12 heavy (non-hydrogen) atoms. The highest BCUT2D eigenvalue weighted by Crippen LogP contribution is 2.59. The summed E-state index contributed by atoms with van der Waals surface area (Å²) in [6.07, 6.45) is 4.98. The third-order valence-electron chi connectivity index (χ3n) is 4.08. The molecule has 2 heteroatoms. The van der Waals surface area contributed by atoms with Gasteiger partial charge in [-0.2, -0.15) is 0 Å². The average molecular weight is 168 g/mol. The molecular formula is C10H16O2. The maximum Gasteiger partial charge on any atom is 0.0843 e. The Hall–Kier alpha value is -0.0800. The van der Waals surface area contributed by atoms with Gasteiger partial charge < -0.3 is 9.84 Å². The molecule has 0 aromatic rings. The van der Waals surface area contributed by atoms with Crippen molar-refractivity contribution in [1.82, 2.24) is 0 Å². The van der Waals surface area contributed by atoms with Gasteiger partial charge in [0.2, 0.25) is 0 Å². The van der Waals surface area contributed by atoms with Gasteiger partial charge in [0.25, 0.3) is 0 Å². The lowest BCUT2D eigenvalue weighted by atomic mass is 9.69. The second kappa shape index (κ2) is 2.05. The van der Waals surface area contributed by atoms with Gasteiger partial charge in [-0.1, -0.05) is 6.92 Å². The van der Waals surface area contributed by atoms with Gasteiger partial charge in [0.1, 0.15) is 0 Å². The Labute approximate surface area is 72.9 Å². The number of hydrogen-bond donors (Lipinski definition) is 1. The summed E-state index contributed by atoms with van der Waals surface area (Å²) in [5, 5.41) is 9.65. The van der Waals surface area contributed by atoms with Crippen LogP contribution in [-0.4, -0.2) is 23.4 Å². The molecule has 3 aliphatic rings. The van der Waals surface area contributed by atoms with Crippen molar-refractivity contribution in [3.8, 4) is 0 Å². The van der Waals surface area contributed by atoms with Gasteiger partial charge in [0, 0.05) is 0 Å². The van der Waals surface area contributed by atoms with Crippen LogP contribution in [0.3, 0.4) is 0 Å². The smallest absolute Gasteiger partial charge is 0.0843 e. The fraction of sp³-hybridized carbons (Fsp3) is 1.00. The molecule has 2 nitrogen and oxygen atoms in total. The summed E-state index contributed by atoms with van der Waals surface area (Å²) in [7, 11) is 0. The molecule has 2 saturated carbocycles. The maximum atomic E-state index is 9.65. The van der Waals surface area contributed by atoms with Gasteiger partial charge >= 0.3 is 0 Å². The van der Waals surface area contributed by atoms with Gasteiger partial charge in [0.05, 0.1) is 18.3 Å². The minimum absolute atomic E-state index is 0.160. The third kappa shape index (κ3) is 0.826. The van der Waals surface area contributed by atoms with Crippen molar-refractivity contribution in [2.24, 2.45) is 11.3 Å². The monoisotopic (exact) mass is 168 g/mol. The maximum absolute atomic E-state index is 9.65. The van der Waals surface area contributed by atoms with Crippen LogP contribution in [0, 0.1) is 11.3 Å². The van der Waals surface area contributed by atoms with Crippen molar-refractivity contribution in [3.05, 3.63) is 0 Å². The lowest BCUT2D eigenvalue weighted by molar-refractivity contribution is -0.137. The van der Waals surface area contributed by atoms with Crippen LogP contribution in [0.15, 0.2) is 0 Å². The number of fused-ring (bicyclic) bond motifs is 4. The summed E-state index contributed by atoms with van der Waals surface area (Å²) in [6.45, 7) is 2.37. The summed E-state index contributed by atoms with van der Waals surface area (Å²) in [5.74, 6) is 0.821. The van der Waals surface area contributed by atoms with Gasteiger partial charge in [-0.05, 0) is 37.0 Å². The van der Waals surface area contributed by atoms with Gasteiger partial charge in [-0.15, -0.1) is 0 Å². The Balaban J connectivity index is 1.88. The van der Waals surface area contributed by atoms with Crippen molar-refractivity contribution >= 4 is 0 Å². The largest absolute Gasteiger partial charge is 0.390 e. The Morgan fingerprint density at radius 3 is 3.08 bits per heavy atom. The van der Waals surface area contributed by atoms with Crippen molar-refractivity contribution < 1.29 is 9.84 Å². The molecule has 1 saturated heterocycles. The second-order valence-corrected chi connectivity index (χ2v) is 5.02. The SMILES string of the molecule is CC12CCC(O)C(C1)OC1CC12. The molecule has 0 aromatic carbocycles. The van der Waals surface area contributed by atoms with Crippen molar-refractivity contribution in [2.45, 2.75) is 50.9 Å². The predicted molar refractivity (Wildman–Crippen MR) is 44.7 cm³/mol. The van der Waals surface area contributed by atoms with E-state index in [0.29, 0.717) is 11.5 Å². The first-order valence-electron chi connectivity index (χ1n) is 5.03. The van der Waals surface area contributed by atoms with Crippen LogP contribution in [-0.2, 0) is 4.74 Å². The molecule has 68 valence electrons. The van der Waals surface area contributed by atoms with Crippen LogP contribution in [0.1, 0.15) is 32.6 Å². The van der Waals surface area contributed by atoms with Crippen molar-refractivity contribution in [2.75, 3.05) is 0 Å². The predicted octanol–water partition coefficient (Wildman–Crippen LogP) is 1.32. The molecule has 1 N–H and O–H groups in total. The Bertz CT molecular complexity index is 216. The normalized spacial score (nSPS) is 62.5. The van der Waals surface area contributed by atoms with Crippen molar-refractivity contribution in [3.63, 3.8) is 0 Å². The Morgan fingerprint density at radius 2 is 2.25 bits per heavy atom. The first kappa shape index (κ1) is 7.34. The number of rotatable bonds is 0. The molecule has 0 aromatic heterocycles. The van der Waals surface area contributed by atoms with Crippen LogP contribution in [0.5, 0.6) is 0 Å². The van der Waals surface area contributed by atoms with Crippen LogP contribution in [0.25, 0.3) is 0 Å². The topological polar surface area (TPSA) is 29.5 Å².